The number of nitriles is 1. The molecule has 0 radical (unpaired) electrons. The summed E-state index contributed by atoms with van der Waals surface area (Å²) < 4.78 is 0. The average Bonchev–Trinajstić information content (AvgIpc) is 2.94. The SMILES string of the molecule is N#CC1(NC(=O)CSc2cccc(C(=O)O)c2)CCCC1. The topological polar surface area (TPSA) is 90.2 Å². The number of hydrogen-bond donors (Lipinski definition) is 2. The van der Waals surface area contributed by atoms with E-state index in [9.17, 15) is 14.9 Å². The quantitative estimate of drug-likeness (QED) is 0.815. The lowest BCUT2D eigenvalue weighted by Gasteiger charge is -2.21. The van der Waals surface area contributed by atoms with E-state index in [1.807, 2.05) is 0 Å². The minimum absolute atomic E-state index is 0.173. The maximum Gasteiger partial charge on any atom is 0.335 e. The van der Waals surface area contributed by atoms with E-state index in [0.717, 1.165) is 17.7 Å². The number of carbonyl (C=O) groups is 2. The van der Waals surface area contributed by atoms with E-state index in [1.54, 1.807) is 12.1 Å². The van der Waals surface area contributed by atoms with Crippen LogP contribution in [0.25, 0.3) is 0 Å². The molecule has 6 heteroatoms. The Morgan fingerprint density at radius 2 is 2.10 bits per heavy atom. The maximum absolute atomic E-state index is 12.0. The van der Waals surface area contributed by atoms with Crippen LogP contribution in [0.2, 0.25) is 0 Å². The van der Waals surface area contributed by atoms with Crippen LogP contribution in [-0.2, 0) is 4.79 Å². The molecule has 1 aliphatic carbocycles. The molecule has 0 aliphatic heterocycles. The molecule has 1 amide bonds. The van der Waals surface area contributed by atoms with Crippen LogP contribution in [0.5, 0.6) is 0 Å². The number of nitrogens with one attached hydrogen (secondary N) is 1. The molecule has 1 saturated carbocycles. The fraction of sp³-hybridized carbons (Fsp3) is 0.400. The number of carboxylic acids is 1. The van der Waals surface area contributed by atoms with Crippen molar-refractivity contribution in [3.05, 3.63) is 29.8 Å². The van der Waals surface area contributed by atoms with Crippen LogP contribution in [0.4, 0.5) is 0 Å². The average molecular weight is 304 g/mol. The highest BCUT2D eigenvalue weighted by Gasteiger charge is 2.35. The molecular weight excluding hydrogens is 288 g/mol. The highest BCUT2D eigenvalue weighted by Crippen LogP contribution is 2.29. The van der Waals surface area contributed by atoms with Gasteiger partial charge in [0.05, 0.1) is 17.4 Å². The second kappa shape index (κ2) is 6.64. The van der Waals surface area contributed by atoms with Gasteiger partial charge in [-0.25, -0.2) is 4.79 Å². The lowest BCUT2D eigenvalue weighted by molar-refractivity contribution is -0.119. The highest BCUT2D eigenvalue weighted by atomic mass is 32.2. The van der Waals surface area contributed by atoms with Crippen molar-refractivity contribution in [2.24, 2.45) is 0 Å². The molecule has 21 heavy (non-hydrogen) atoms. The van der Waals surface area contributed by atoms with Crippen LogP contribution < -0.4 is 5.32 Å². The summed E-state index contributed by atoms with van der Waals surface area (Å²) in [5, 5.41) is 20.9. The molecule has 0 aromatic heterocycles. The first-order valence-corrected chi connectivity index (χ1v) is 7.72. The molecule has 0 saturated heterocycles. The Labute approximate surface area is 127 Å². The van der Waals surface area contributed by atoms with Gasteiger partial charge >= 0.3 is 5.97 Å². The van der Waals surface area contributed by atoms with Gasteiger partial charge in [0.1, 0.15) is 5.54 Å². The molecule has 1 aliphatic rings. The second-order valence-corrected chi connectivity index (χ2v) is 6.12. The molecule has 1 fully saturated rings. The molecule has 0 atom stereocenters. The summed E-state index contributed by atoms with van der Waals surface area (Å²) in [6.45, 7) is 0. The van der Waals surface area contributed by atoms with Gasteiger partial charge in [-0.3, -0.25) is 4.79 Å². The van der Waals surface area contributed by atoms with Crippen molar-refractivity contribution in [1.29, 1.82) is 5.26 Å². The molecule has 110 valence electrons. The van der Waals surface area contributed by atoms with Gasteiger partial charge in [-0.2, -0.15) is 5.26 Å². The molecule has 0 unspecified atom stereocenters. The number of benzene rings is 1. The number of rotatable bonds is 5. The molecule has 2 N–H and O–H groups in total. The second-order valence-electron chi connectivity index (χ2n) is 5.07. The van der Waals surface area contributed by atoms with E-state index >= 15 is 0 Å². The van der Waals surface area contributed by atoms with Gasteiger partial charge in [0.2, 0.25) is 5.91 Å². The molecule has 1 aromatic rings. The maximum atomic E-state index is 12.0. The van der Waals surface area contributed by atoms with E-state index in [-0.39, 0.29) is 17.2 Å². The Morgan fingerprint density at radius 1 is 1.38 bits per heavy atom. The summed E-state index contributed by atoms with van der Waals surface area (Å²) >= 11 is 1.27. The monoisotopic (exact) mass is 304 g/mol. The molecule has 5 nitrogen and oxygen atoms in total. The first kappa shape index (κ1) is 15.4. The van der Waals surface area contributed by atoms with Crippen molar-refractivity contribution >= 4 is 23.6 Å². The fourth-order valence-electron chi connectivity index (χ4n) is 2.41. The fourth-order valence-corrected chi connectivity index (χ4v) is 3.17. The van der Waals surface area contributed by atoms with Crippen LogP contribution in [0, 0.1) is 11.3 Å². The van der Waals surface area contributed by atoms with Crippen LogP contribution in [0.1, 0.15) is 36.0 Å². The number of amides is 1. The van der Waals surface area contributed by atoms with Gasteiger partial charge in [-0.1, -0.05) is 6.07 Å². The number of carboxylic acid groups (broad SMARTS) is 1. The predicted octanol–water partition coefficient (Wildman–Crippen LogP) is 2.43. The summed E-state index contributed by atoms with van der Waals surface area (Å²) in [5.41, 5.74) is -0.509. The molecule has 0 heterocycles. The first-order valence-electron chi connectivity index (χ1n) is 6.73. The number of hydrogen-bond acceptors (Lipinski definition) is 4. The van der Waals surface area contributed by atoms with Crippen LogP contribution in [-0.4, -0.2) is 28.3 Å². The van der Waals surface area contributed by atoms with Crippen molar-refractivity contribution in [2.45, 2.75) is 36.1 Å². The van der Waals surface area contributed by atoms with Gasteiger partial charge in [-0.15, -0.1) is 11.8 Å². The molecule has 1 aromatic carbocycles. The van der Waals surface area contributed by atoms with Crippen LogP contribution in [0.15, 0.2) is 29.2 Å². The van der Waals surface area contributed by atoms with Gasteiger partial charge < -0.3 is 10.4 Å². The molecule has 2 rings (SSSR count). The van der Waals surface area contributed by atoms with Crippen LogP contribution >= 0.6 is 11.8 Å². The van der Waals surface area contributed by atoms with Gasteiger partial charge in [0.25, 0.3) is 0 Å². The van der Waals surface area contributed by atoms with E-state index in [2.05, 4.69) is 11.4 Å². The Balaban J connectivity index is 1.91. The van der Waals surface area contributed by atoms with E-state index in [0.29, 0.717) is 12.8 Å². The van der Waals surface area contributed by atoms with Crippen molar-refractivity contribution in [3.8, 4) is 6.07 Å². The summed E-state index contributed by atoms with van der Waals surface area (Å²) in [5.74, 6) is -1.01. The van der Waals surface area contributed by atoms with E-state index in [1.165, 1.54) is 23.9 Å². The van der Waals surface area contributed by atoms with Gasteiger partial charge in [0, 0.05) is 4.90 Å². The number of aromatic carboxylic acids is 1. The van der Waals surface area contributed by atoms with Crippen molar-refractivity contribution in [2.75, 3.05) is 5.75 Å². The summed E-state index contributed by atoms with van der Waals surface area (Å²) in [7, 11) is 0. The lowest BCUT2D eigenvalue weighted by Crippen LogP contribution is -2.45. The number of thioether (sulfide) groups is 1. The Hall–Kier alpha value is -2.00. The van der Waals surface area contributed by atoms with E-state index < -0.39 is 11.5 Å². The lowest BCUT2D eigenvalue weighted by atomic mass is 10.0. The third-order valence-corrected chi connectivity index (χ3v) is 4.49. The Kier molecular flexibility index (Phi) is 4.86. The van der Waals surface area contributed by atoms with Crippen molar-refractivity contribution in [1.82, 2.24) is 5.32 Å². The summed E-state index contributed by atoms with van der Waals surface area (Å²) in [6.07, 6.45) is 3.33. The Morgan fingerprint density at radius 3 is 2.71 bits per heavy atom. The van der Waals surface area contributed by atoms with E-state index in [4.69, 9.17) is 5.11 Å². The third-order valence-electron chi connectivity index (χ3n) is 3.50. The Bertz CT molecular complexity index is 589. The number of nitrogens with zero attached hydrogens (tertiary/aromatic N) is 1. The smallest absolute Gasteiger partial charge is 0.335 e. The molecular formula is C15H16N2O3S. The first-order chi connectivity index (χ1) is 10.0. The normalized spacial score (nSPS) is 16.1. The summed E-state index contributed by atoms with van der Waals surface area (Å²) in [4.78, 5) is 23.6. The zero-order chi connectivity index (χ0) is 15.3. The highest BCUT2D eigenvalue weighted by molar-refractivity contribution is 8.00. The minimum atomic E-state index is -0.990. The number of carbonyl (C=O) groups excluding carboxylic acids is 1. The van der Waals surface area contributed by atoms with Gasteiger partial charge in [-0.05, 0) is 43.9 Å². The van der Waals surface area contributed by atoms with Crippen LogP contribution in [0.3, 0.4) is 0 Å². The zero-order valence-corrected chi connectivity index (χ0v) is 12.3. The predicted molar refractivity (Wildman–Crippen MR) is 79.1 cm³/mol. The summed E-state index contributed by atoms with van der Waals surface area (Å²) in [6, 6.07) is 8.67. The zero-order valence-electron chi connectivity index (χ0n) is 11.5. The third kappa shape index (κ3) is 3.99. The standard InChI is InChI=1S/C15H16N2O3S/c16-10-15(6-1-2-7-15)17-13(18)9-21-12-5-3-4-11(8-12)14(19)20/h3-5,8H,1-2,6-7,9H2,(H,17,18)(H,19,20). The minimum Gasteiger partial charge on any atom is -0.478 e. The largest absolute Gasteiger partial charge is 0.478 e. The van der Waals surface area contributed by atoms with Crippen molar-refractivity contribution < 1.29 is 14.7 Å². The molecule has 0 spiro atoms. The van der Waals surface area contributed by atoms with Crippen molar-refractivity contribution in [3.63, 3.8) is 0 Å². The molecule has 0 bridgehead atoms. The van der Waals surface area contributed by atoms with Gasteiger partial charge in [0.15, 0.2) is 0 Å².